The Labute approximate surface area is 97.6 Å². The molecule has 0 heterocycles. The predicted molar refractivity (Wildman–Crippen MR) is 62.7 cm³/mol. The van der Waals surface area contributed by atoms with Crippen molar-refractivity contribution in [1.29, 1.82) is 5.26 Å². The standard InChI is InChI=1S/C12H21N3O/c1-3-10(2)14-9-12(16)15(8-4-7-13)11-5-6-11/h10-11,14H,3-6,8-9H2,1-2H3. The number of nitriles is 1. The smallest absolute Gasteiger partial charge is 0.236 e. The van der Waals surface area contributed by atoms with Gasteiger partial charge >= 0.3 is 0 Å². The highest BCUT2D eigenvalue weighted by Gasteiger charge is 2.31. The molecular formula is C12H21N3O. The van der Waals surface area contributed by atoms with Crippen molar-refractivity contribution in [2.45, 2.75) is 51.6 Å². The van der Waals surface area contributed by atoms with E-state index in [1.54, 1.807) is 0 Å². The van der Waals surface area contributed by atoms with Crippen LogP contribution in [0.5, 0.6) is 0 Å². The molecule has 0 bridgehead atoms. The maximum atomic E-state index is 11.9. The van der Waals surface area contributed by atoms with Crippen molar-refractivity contribution in [3.05, 3.63) is 0 Å². The molecule has 1 aliphatic carbocycles. The lowest BCUT2D eigenvalue weighted by Crippen LogP contribution is -2.42. The second kappa shape index (κ2) is 6.49. The Balaban J connectivity index is 2.33. The van der Waals surface area contributed by atoms with Gasteiger partial charge in [0, 0.05) is 18.6 Å². The average molecular weight is 223 g/mol. The number of carbonyl (C=O) groups is 1. The minimum absolute atomic E-state index is 0.137. The molecule has 1 N–H and O–H groups in total. The molecule has 1 atom stereocenters. The molecule has 1 unspecified atom stereocenters. The summed E-state index contributed by atoms with van der Waals surface area (Å²) in [5.41, 5.74) is 0. The fraction of sp³-hybridized carbons (Fsp3) is 0.833. The fourth-order valence-corrected chi connectivity index (χ4v) is 1.57. The summed E-state index contributed by atoms with van der Waals surface area (Å²) in [7, 11) is 0. The van der Waals surface area contributed by atoms with Crippen LogP contribution < -0.4 is 5.32 Å². The van der Waals surface area contributed by atoms with Crippen molar-refractivity contribution in [2.75, 3.05) is 13.1 Å². The topological polar surface area (TPSA) is 56.1 Å². The molecule has 1 rings (SSSR count). The zero-order valence-corrected chi connectivity index (χ0v) is 10.2. The molecule has 1 amide bonds. The van der Waals surface area contributed by atoms with Crippen LogP contribution in [0, 0.1) is 11.3 Å². The molecule has 0 saturated heterocycles. The van der Waals surface area contributed by atoms with Gasteiger partial charge in [0.15, 0.2) is 0 Å². The van der Waals surface area contributed by atoms with E-state index >= 15 is 0 Å². The van der Waals surface area contributed by atoms with Gasteiger partial charge in [-0.3, -0.25) is 4.79 Å². The molecule has 4 heteroatoms. The lowest BCUT2D eigenvalue weighted by atomic mass is 10.2. The third-order valence-corrected chi connectivity index (χ3v) is 2.99. The van der Waals surface area contributed by atoms with Crippen LogP contribution in [0.3, 0.4) is 0 Å². The summed E-state index contributed by atoms with van der Waals surface area (Å²) in [6.07, 6.45) is 3.65. The summed E-state index contributed by atoms with van der Waals surface area (Å²) in [6, 6.07) is 2.88. The Morgan fingerprint density at radius 1 is 1.62 bits per heavy atom. The number of hydrogen-bond donors (Lipinski definition) is 1. The third-order valence-electron chi connectivity index (χ3n) is 2.99. The SMILES string of the molecule is CCC(C)NCC(=O)N(CCC#N)C1CC1. The largest absolute Gasteiger partial charge is 0.338 e. The number of nitrogens with one attached hydrogen (secondary N) is 1. The van der Waals surface area contributed by atoms with Crippen molar-refractivity contribution in [1.82, 2.24) is 10.2 Å². The molecule has 1 aliphatic rings. The zero-order chi connectivity index (χ0) is 12.0. The van der Waals surface area contributed by atoms with Crippen LogP contribution >= 0.6 is 0 Å². The van der Waals surface area contributed by atoms with E-state index in [0.717, 1.165) is 19.3 Å². The van der Waals surface area contributed by atoms with E-state index in [4.69, 9.17) is 5.26 Å². The first kappa shape index (κ1) is 13.0. The first-order chi connectivity index (χ1) is 7.69. The average Bonchev–Trinajstić information content (AvgIpc) is 3.10. The molecule has 16 heavy (non-hydrogen) atoms. The van der Waals surface area contributed by atoms with Crippen molar-refractivity contribution in [2.24, 2.45) is 0 Å². The molecule has 0 radical (unpaired) electrons. The van der Waals surface area contributed by atoms with E-state index in [2.05, 4.69) is 25.2 Å². The second-order valence-corrected chi connectivity index (χ2v) is 4.42. The Kier molecular flexibility index (Phi) is 5.27. The van der Waals surface area contributed by atoms with Gasteiger partial charge in [0.2, 0.25) is 5.91 Å². The van der Waals surface area contributed by atoms with Crippen molar-refractivity contribution >= 4 is 5.91 Å². The van der Waals surface area contributed by atoms with Crippen LogP contribution in [-0.4, -0.2) is 36.0 Å². The minimum Gasteiger partial charge on any atom is -0.338 e. The lowest BCUT2D eigenvalue weighted by Gasteiger charge is -2.22. The lowest BCUT2D eigenvalue weighted by molar-refractivity contribution is -0.130. The Hall–Kier alpha value is -1.08. The van der Waals surface area contributed by atoms with E-state index < -0.39 is 0 Å². The van der Waals surface area contributed by atoms with Gasteiger partial charge in [-0.15, -0.1) is 0 Å². The van der Waals surface area contributed by atoms with Gasteiger partial charge in [0.1, 0.15) is 0 Å². The molecule has 0 aliphatic heterocycles. The molecule has 90 valence electrons. The van der Waals surface area contributed by atoms with Gasteiger partial charge in [-0.05, 0) is 26.2 Å². The number of nitrogens with zero attached hydrogens (tertiary/aromatic N) is 2. The maximum absolute atomic E-state index is 11.9. The molecule has 1 fully saturated rings. The van der Waals surface area contributed by atoms with Crippen LogP contribution in [0.2, 0.25) is 0 Å². The summed E-state index contributed by atoms with van der Waals surface area (Å²) >= 11 is 0. The van der Waals surface area contributed by atoms with E-state index in [9.17, 15) is 4.79 Å². The molecule has 1 saturated carbocycles. The van der Waals surface area contributed by atoms with E-state index in [1.807, 2.05) is 4.90 Å². The maximum Gasteiger partial charge on any atom is 0.236 e. The highest BCUT2D eigenvalue weighted by Crippen LogP contribution is 2.26. The number of hydrogen-bond acceptors (Lipinski definition) is 3. The van der Waals surface area contributed by atoms with Crippen molar-refractivity contribution < 1.29 is 4.79 Å². The van der Waals surface area contributed by atoms with Gasteiger partial charge in [0.25, 0.3) is 0 Å². The summed E-state index contributed by atoms with van der Waals surface area (Å²) < 4.78 is 0. The molecule has 0 spiro atoms. The Morgan fingerprint density at radius 2 is 2.31 bits per heavy atom. The zero-order valence-electron chi connectivity index (χ0n) is 10.2. The van der Waals surface area contributed by atoms with E-state index in [1.165, 1.54) is 0 Å². The Morgan fingerprint density at radius 3 is 2.81 bits per heavy atom. The van der Waals surface area contributed by atoms with Gasteiger partial charge in [-0.2, -0.15) is 5.26 Å². The van der Waals surface area contributed by atoms with Crippen LogP contribution in [0.15, 0.2) is 0 Å². The summed E-state index contributed by atoms with van der Waals surface area (Å²) in [6.45, 7) is 5.15. The van der Waals surface area contributed by atoms with Crippen molar-refractivity contribution in [3.63, 3.8) is 0 Å². The highest BCUT2D eigenvalue weighted by atomic mass is 16.2. The molecular weight excluding hydrogens is 202 g/mol. The van der Waals surface area contributed by atoms with Crippen LogP contribution in [0.25, 0.3) is 0 Å². The molecule has 0 aromatic rings. The van der Waals surface area contributed by atoms with Gasteiger partial charge in [-0.1, -0.05) is 6.92 Å². The Bertz CT molecular complexity index is 268. The predicted octanol–water partition coefficient (Wildman–Crippen LogP) is 1.28. The van der Waals surface area contributed by atoms with Crippen LogP contribution in [0.4, 0.5) is 0 Å². The van der Waals surface area contributed by atoms with Crippen molar-refractivity contribution in [3.8, 4) is 6.07 Å². The minimum atomic E-state index is 0.137. The quantitative estimate of drug-likeness (QED) is 0.707. The second-order valence-electron chi connectivity index (χ2n) is 4.42. The molecule has 0 aromatic heterocycles. The van der Waals surface area contributed by atoms with Gasteiger partial charge in [0.05, 0.1) is 19.0 Å². The van der Waals surface area contributed by atoms with Gasteiger partial charge < -0.3 is 10.2 Å². The van der Waals surface area contributed by atoms with Crippen LogP contribution in [-0.2, 0) is 4.79 Å². The normalized spacial score (nSPS) is 16.6. The molecule has 0 aromatic carbocycles. The fourth-order valence-electron chi connectivity index (χ4n) is 1.57. The summed E-state index contributed by atoms with van der Waals surface area (Å²) in [5, 5.41) is 11.7. The third kappa shape index (κ3) is 4.19. The summed E-state index contributed by atoms with van der Waals surface area (Å²) in [5.74, 6) is 0.137. The number of amides is 1. The monoisotopic (exact) mass is 223 g/mol. The van der Waals surface area contributed by atoms with Crippen LogP contribution in [0.1, 0.15) is 39.5 Å². The first-order valence-corrected chi connectivity index (χ1v) is 6.08. The number of carbonyl (C=O) groups excluding carboxylic acids is 1. The van der Waals surface area contributed by atoms with E-state index in [0.29, 0.717) is 31.6 Å². The highest BCUT2D eigenvalue weighted by molar-refractivity contribution is 5.79. The first-order valence-electron chi connectivity index (χ1n) is 6.08. The number of rotatable bonds is 7. The van der Waals surface area contributed by atoms with Gasteiger partial charge in [-0.25, -0.2) is 0 Å². The summed E-state index contributed by atoms with van der Waals surface area (Å²) in [4.78, 5) is 13.8. The molecule has 4 nitrogen and oxygen atoms in total. The van der Waals surface area contributed by atoms with E-state index in [-0.39, 0.29) is 5.91 Å².